The van der Waals surface area contributed by atoms with Crippen LogP contribution in [0, 0.1) is 19.3 Å². The van der Waals surface area contributed by atoms with E-state index in [4.69, 9.17) is 10.8 Å². The molecule has 0 aliphatic rings. The smallest absolute Gasteiger partial charge is 0.287 e. The van der Waals surface area contributed by atoms with Gasteiger partial charge in [0.15, 0.2) is 5.76 Å². The predicted octanol–water partition coefficient (Wildman–Crippen LogP) is 0.970. The Hall–Kier alpha value is -2.78. The van der Waals surface area contributed by atoms with E-state index in [2.05, 4.69) is 16.6 Å². The fraction of sp³-hybridized carbons (Fsp3) is 0.294. The van der Waals surface area contributed by atoms with Crippen LogP contribution in [-0.2, 0) is 4.79 Å². The third kappa shape index (κ3) is 3.90. The number of benzene rings is 1. The number of aliphatic hydroxyl groups excluding tert-OH is 1. The summed E-state index contributed by atoms with van der Waals surface area (Å²) in [7, 11) is 0. The van der Waals surface area contributed by atoms with Crippen LogP contribution in [0.25, 0.3) is 11.0 Å². The molecule has 0 saturated carbocycles. The zero-order valence-corrected chi connectivity index (χ0v) is 12.9. The van der Waals surface area contributed by atoms with Gasteiger partial charge in [-0.2, -0.15) is 0 Å². The van der Waals surface area contributed by atoms with E-state index in [1.165, 1.54) is 6.92 Å². The zero-order chi connectivity index (χ0) is 17.0. The second kappa shape index (κ2) is 6.99. The molecule has 0 spiro atoms. The number of terminal acetylenes is 1. The van der Waals surface area contributed by atoms with E-state index in [1.54, 1.807) is 12.1 Å². The summed E-state index contributed by atoms with van der Waals surface area (Å²) < 4.78 is 5.47. The van der Waals surface area contributed by atoms with Crippen LogP contribution >= 0.6 is 0 Å². The Morgan fingerprint density at radius 2 is 2.13 bits per heavy atom. The van der Waals surface area contributed by atoms with Crippen molar-refractivity contribution in [3.63, 3.8) is 0 Å². The van der Waals surface area contributed by atoms with Crippen molar-refractivity contribution in [3.05, 3.63) is 35.6 Å². The van der Waals surface area contributed by atoms with E-state index >= 15 is 0 Å². The van der Waals surface area contributed by atoms with Crippen molar-refractivity contribution < 1.29 is 19.1 Å². The molecule has 2 aromatic rings. The molecule has 6 heteroatoms. The van der Waals surface area contributed by atoms with Crippen LogP contribution in [0.1, 0.15) is 23.0 Å². The second-order valence-corrected chi connectivity index (χ2v) is 5.27. The first-order valence-corrected chi connectivity index (χ1v) is 7.12. The standard InChI is InChI=1S/C17H18N2O4/c1-4-7-18-17(22)15(11(3)20)19-16(21)14-9-12-8-10(2)5-6-13(12)23-14/h1,5-6,8-9,11,15,20H,7H2,2-3H3,(H,18,22)(H,19,21). The molecule has 2 unspecified atom stereocenters. The topological polar surface area (TPSA) is 91.6 Å². The number of hydrogen-bond donors (Lipinski definition) is 3. The zero-order valence-electron chi connectivity index (χ0n) is 12.9. The largest absolute Gasteiger partial charge is 0.451 e. The van der Waals surface area contributed by atoms with Crippen molar-refractivity contribution in [2.45, 2.75) is 26.0 Å². The Bertz CT molecular complexity index is 770. The Labute approximate surface area is 133 Å². The summed E-state index contributed by atoms with van der Waals surface area (Å²) in [5.41, 5.74) is 1.62. The molecule has 6 nitrogen and oxygen atoms in total. The van der Waals surface area contributed by atoms with Crippen LogP contribution in [0.5, 0.6) is 0 Å². The van der Waals surface area contributed by atoms with Crippen LogP contribution in [0.4, 0.5) is 0 Å². The van der Waals surface area contributed by atoms with Crippen LogP contribution in [-0.4, -0.2) is 35.6 Å². The molecule has 120 valence electrons. The van der Waals surface area contributed by atoms with Gasteiger partial charge in [0, 0.05) is 5.39 Å². The number of rotatable bonds is 5. The van der Waals surface area contributed by atoms with E-state index in [9.17, 15) is 14.7 Å². The normalized spacial score (nSPS) is 13.1. The average Bonchev–Trinajstić information content (AvgIpc) is 2.92. The molecule has 2 rings (SSSR count). The maximum absolute atomic E-state index is 12.3. The Morgan fingerprint density at radius 3 is 2.78 bits per heavy atom. The molecule has 2 amide bonds. The van der Waals surface area contributed by atoms with Gasteiger partial charge in [0.1, 0.15) is 11.6 Å². The van der Waals surface area contributed by atoms with Crippen LogP contribution < -0.4 is 10.6 Å². The van der Waals surface area contributed by atoms with E-state index in [1.807, 2.05) is 19.1 Å². The molecule has 0 bridgehead atoms. The van der Waals surface area contributed by atoms with Gasteiger partial charge in [-0.3, -0.25) is 9.59 Å². The summed E-state index contributed by atoms with van der Waals surface area (Å²) >= 11 is 0. The number of aryl methyl sites for hydroxylation is 1. The monoisotopic (exact) mass is 314 g/mol. The van der Waals surface area contributed by atoms with Gasteiger partial charge in [-0.15, -0.1) is 6.42 Å². The highest BCUT2D eigenvalue weighted by Gasteiger charge is 2.26. The lowest BCUT2D eigenvalue weighted by Gasteiger charge is -2.19. The lowest BCUT2D eigenvalue weighted by atomic mass is 10.1. The highest BCUT2D eigenvalue weighted by Crippen LogP contribution is 2.20. The van der Waals surface area contributed by atoms with Crippen molar-refractivity contribution in [1.29, 1.82) is 0 Å². The average molecular weight is 314 g/mol. The van der Waals surface area contributed by atoms with Gasteiger partial charge in [-0.1, -0.05) is 17.6 Å². The molecule has 3 N–H and O–H groups in total. The fourth-order valence-electron chi connectivity index (χ4n) is 2.14. The SMILES string of the molecule is C#CCNC(=O)C(NC(=O)c1cc2cc(C)ccc2o1)C(C)O. The summed E-state index contributed by atoms with van der Waals surface area (Å²) in [6.07, 6.45) is 3.99. The quantitative estimate of drug-likeness (QED) is 0.717. The molecule has 0 saturated heterocycles. The summed E-state index contributed by atoms with van der Waals surface area (Å²) in [6.45, 7) is 3.36. The number of aliphatic hydroxyl groups is 1. The van der Waals surface area contributed by atoms with E-state index in [-0.39, 0.29) is 12.3 Å². The molecule has 0 aliphatic heterocycles. The third-order valence-corrected chi connectivity index (χ3v) is 3.31. The minimum atomic E-state index is -1.12. The minimum Gasteiger partial charge on any atom is -0.451 e. The van der Waals surface area contributed by atoms with Crippen molar-refractivity contribution in [2.24, 2.45) is 0 Å². The summed E-state index contributed by atoms with van der Waals surface area (Å²) in [6, 6.07) is 6.01. The van der Waals surface area contributed by atoms with Gasteiger partial charge in [-0.25, -0.2) is 0 Å². The number of fused-ring (bicyclic) bond motifs is 1. The first-order valence-electron chi connectivity index (χ1n) is 7.12. The van der Waals surface area contributed by atoms with Gasteiger partial charge in [0.25, 0.3) is 5.91 Å². The van der Waals surface area contributed by atoms with Crippen molar-refractivity contribution in [2.75, 3.05) is 6.54 Å². The number of carbonyl (C=O) groups excluding carboxylic acids is 2. The number of amides is 2. The Balaban J connectivity index is 2.17. The first-order chi connectivity index (χ1) is 10.9. The molecule has 2 atom stereocenters. The maximum Gasteiger partial charge on any atom is 0.287 e. The number of hydrogen-bond acceptors (Lipinski definition) is 4. The first kappa shape index (κ1) is 16.6. The molecule has 0 radical (unpaired) electrons. The molecule has 23 heavy (non-hydrogen) atoms. The number of carbonyl (C=O) groups is 2. The van der Waals surface area contributed by atoms with Gasteiger partial charge in [0.05, 0.1) is 12.6 Å². The molecule has 1 aromatic heterocycles. The van der Waals surface area contributed by atoms with Crippen LogP contribution in [0.3, 0.4) is 0 Å². The second-order valence-electron chi connectivity index (χ2n) is 5.27. The van der Waals surface area contributed by atoms with E-state index < -0.39 is 24.0 Å². The predicted molar refractivity (Wildman–Crippen MR) is 85.7 cm³/mol. The van der Waals surface area contributed by atoms with Crippen molar-refractivity contribution in [3.8, 4) is 12.3 Å². The van der Waals surface area contributed by atoms with Gasteiger partial charge < -0.3 is 20.2 Å². The van der Waals surface area contributed by atoms with E-state index in [0.29, 0.717) is 5.58 Å². The van der Waals surface area contributed by atoms with Gasteiger partial charge in [0.2, 0.25) is 5.91 Å². The van der Waals surface area contributed by atoms with Crippen molar-refractivity contribution in [1.82, 2.24) is 10.6 Å². The summed E-state index contributed by atoms with van der Waals surface area (Å²) in [4.78, 5) is 24.2. The Kier molecular flexibility index (Phi) is 5.04. The van der Waals surface area contributed by atoms with Crippen LogP contribution in [0.2, 0.25) is 0 Å². The molecule has 0 fully saturated rings. The number of furan rings is 1. The molecule has 1 aromatic carbocycles. The minimum absolute atomic E-state index is 0.0157. The third-order valence-electron chi connectivity index (χ3n) is 3.31. The highest BCUT2D eigenvalue weighted by molar-refractivity contribution is 5.98. The lowest BCUT2D eigenvalue weighted by Crippen LogP contribution is -2.52. The van der Waals surface area contributed by atoms with Gasteiger partial charge >= 0.3 is 0 Å². The van der Waals surface area contributed by atoms with Crippen LogP contribution in [0.15, 0.2) is 28.7 Å². The number of nitrogens with one attached hydrogen (secondary N) is 2. The summed E-state index contributed by atoms with van der Waals surface area (Å²) in [5.74, 6) is 1.19. The molecule has 1 heterocycles. The molecule has 0 aliphatic carbocycles. The molecular weight excluding hydrogens is 296 g/mol. The molecular formula is C17H18N2O4. The Morgan fingerprint density at radius 1 is 1.39 bits per heavy atom. The maximum atomic E-state index is 12.3. The lowest BCUT2D eigenvalue weighted by molar-refractivity contribution is -0.125. The van der Waals surface area contributed by atoms with Gasteiger partial charge in [-0.05, 0) is 32.0 Å². The summed E-state index contributed by atoms with van der Waals surface area (Å²) in [5, 5.41) is 15.4. The fourth-order valence-corrected chi connectivity index (χ4v) is 2.14. The highest BCUT2D eigenvalue weighted by atomic mass is 16.3. The van der Waals surface area contributed by atoms with E-state index in [0.717, 1.165) is 10.9 Å². The van der Waals surface area contributed by atoms with Crippen molar-refractivity contribution >= 4 is 22.8 Å².